The second-order valence-electron chi connectivity index (χ2n) is 6.20. The van der Waals surface area contributed by atoms with Gasteiger partial charge in [-0.05, 0) is 61.9 Å². The molecular weight excluding hydrogens is 378 g/mol. The molecule has 0 bridgehead atoms. The van der Waals surface area contributed by atoms with Gasteiger partial charge in [-0.1, -0.05) is 23.7 Å². The molecule has 1 aliphatic heterocycles. The predicted molar refractivity (Wildman–Crippen MR) is 110 cm³/mol. The number of imide groups is 2. The first-order valence-corrected chi connectivity index (χ1v) is 9.34. The van der Waals surface area contributed by atoms with Crippen molar-refractivity contribution in [3.63, 3.8) is 0 Å². The minimum absolute atomic E-state index is 0.106. The van der Waals surface area contributed by atoms with Gasteiger partial charge in [-0.15, -0.1) is 0 Å². The number of halogens is 1. The van der Waals surface area contributed by atoms with Crippen molar-refractivity contribution in [2.75, 3.05) is 22.9 Å². The number of carbonyl (C=O) groups excluding carboxylic acids is 3. The van der Waals surface area contributed by atoms with Crippen molar-refractivity contribution in [3.8, 4) is 0 Å². The number of amides is 4. The topological polar surface area (TPSA) is 69.7 Å². The van der Waals surface area contributed by atoms with Crippen LogP contribution in [0.25, 0.3) is 6.08 Å². The van der Waals surface area contributed by atoms with Gasteiger partial charge >= 0.3 is 6.03 Å². The number of benzene rings is 2. The van der Waals surface area contributed by atoms with Gasteiger partial charge in [-0.25, -0.2) is 9.69 Å². The van der Waals surface area contributed by atoms with E-state index < -0.39 is 17.8 Å². The van der Waals surface area contributed by atoms with Gasteiger partial charge in [0.1, 0.15) is 5.57 Å². The Morgan fingerprint density at radius 3 is 2.14 bits per heavy atom. The molecule has 144 valence electrons. The zero-order valence-electron chi connectivity index (χ0n) is 15.6. The highest BCUT2D eigenvalue weighted by molar-refractivity contribution is 6.39. The van der Waals surface area contributed by atoms with Crippen LogP contribution in [0.2, 0.25) is 5.02 Å². The van der Waals surface area contributed by atoms with Crippen molar-refractivity contribution in [2.24, 2.45) is 0 Å². The summed E-state index contributed by atoms with van der Waals surface area (Å²) < 4.78 is 0. The lowest BCUT2D eigenvalue weighted by Gasteiger charge is -2.26. The van der Waals surface area contributed by atoms with Crippen molar-refractivity contribution < 1.29 is 14.4 Å². The van der Waals surface area contributed by atoms with Gasteiger partial charge in [0.25, 0.3) is 11.8 Å². The molecule has 0 radical (unpaired) electrons. The number of anilines is 2. The fourth-order valence-corrected chi connectivity index (χ4v) is 3.14. The third kappa shape index (κ3) is 3.92. The average molecular weight is 398 g/mol. The Hall–Kier alpha value is -3.12. The van der Waals surface area contributed by atoms with Gasteiger partial charge in [-0.3, -0.25) is 14.9 Å². The van der Waals surface area contributed by atoms with Crippen molar-refractivity contribution >= 4 is 46.9 Å². The molecule has 1 aliphatic rings. The molecule has 1 fully saturated rings. The number of hydrogen-bond acceptors (Lipinski definition) is 4. The molecule has 7 heteroatoms. The Morgan fingerprint density at radius 1 is 0.964 bits per heavy atom. The summed E-state index contributed by atoms with van der Waals surface area (Å²) in [5.41, 5.74) is 1.98. The molecular formula is C21H20ClN3O3. The first-order valence-electron chi connectivity index (χ1n) is 8.96. The summed E-state index contributed by atoms with van der Waals surface area (Å²) >= 11 is 5.87. The quantitative estimate of drug-likeness (QED) is 0.614. The number of hydrogen-bond donors (Lipinski definition) is 1. The predicted octanol–water partition coefficient (Wildman–Crippen LogP) is 3.85. The molecule has 4 amide bonds. The number of nitrogens with zero attached hydrogens (tertiary/aromatic N) is 2. The van der Waals surface area contributed by atoms with E-state index in [9.17, 15) is 14.4 Å². The van der Waals surface area contributed by atoms with Crippen LogP contribution in [0.3, 0.4) is 0 Å². The third-order valence-electron chi connectivity index (χ3n) is 4.52. The van der Waals surface area contributed by atoms with Gasteiger partial charge < -0.3 is 4.90 Å². The standard InChI is InChI=1S/C21H20ClN3O3/c1-3-24(4-2)16-9-5-14(6-10-16)13-18-19(26)23-21(28)25(20(18)27)17-11-7-15(22)8-12-17/h5-13H,3-4H2,1-2H3,(H,23,26,28)/b18-13+. The largest absolute Gasteiger partial charge is 0.372 e. The molecule has 0 spiro atoms. The molecule has 0 aromatic heterocycles. The van der Waals surface area contributed by atoms with E-state index in [1.165, 1.54) is 6.08 Å². The minimum atomic E-state index is -0.786. The van der Waals surface area contributed by atoms with E-state index in [1.54, 1.807) is 24.3 Å². The summed E-state index contributed by atoms with van der Waals surface area (Å²) in [6.45, 7) is 5.92. The first kappa shape index (κ1) is 19.6. The fourth-order valence-electron chi connectivity index (χ4n) is 3.02. The van der Waals surface area contributed by atoms with Crippen LogP contribution in [0.15, 0.2) is 54.1 Å². The smallest absolute Gasteiger partial charge is 0.335 e. The molecule has 2 aromatic rings. The summed E-state index contributed by atoms with van der Waals surface area (Å²) in [5, 5.41) is 2.69. The molecule has 0 saturated carbocycles. The van der Waals surface area contributed by atoms with Gasteiger partial charge in [0, 0.05) is 23.8 Å². The molecule has 0 aliphatic carbocycles. The minimum Gasteiger partial charge on any atom is -0.372 e. The van der Waals surface area contributed by atoms with Crippen LogP contribution >= 0.6 is 11.6 Å². The van der Waals surface area contributed by atoms with Crippen LogP contribution in [-0.2, 0) is 9.59 Å². The SMILES string of the molecule is CCN(CC)c1ccc(/C=C2\C(=O)NC(=O)N(c3ccc(Cl)cc3)C2=O)cc1. The van der Waals surface area contributed by atoms with Crippen molar-refractivity contribution in [3.05, 3.63) is 64.7 Å². The molecule has 0 atom stereocenters. The van der Waals surface area contributed by atoms with Gasteiger partial charge in [0.05, 0.1) is 5.69 Å². The Morgan fingerprint density at radius 2 is 1.57 bits per heavy atom. The zero-order valence-corrected chi connectivity index (χ0v) is 16.4. The number of nitrogens with one attached hydrogen (secondary N) is 1. The molecule has 6 nitrogen and oxygen atoms in total. The maximum absolute atomic E-state index is 12.8. The highest BCUT2D eigenvalue weighted by atomic mass is 35.5. The monoisotopic (exact) mass is 397 g/mol. The molecule has 1 heterocycles. The number of carbonyl (C=O) groups is 3. The first-order chi connectivity index (χ1) is 13.4. The number of barbiturate groups is 1. The molecule has 3 rings (SSSR count). The summed E-state index contributed by atoms with van der Waals surface area (Å²) in [6.07, 6.45) is 1.49. The third-order valence-corrected chi connectivity index (χ3v) is 4.77. The molecule has 1 N–H and O–H groups in total. The lowest BCUT2D eigenvalue weighted by Crippen LogP contribution is -2.54. The molecule has 0 unspecified atom stereocenters. The Kier molecular flexibility index (Phi) is 5.80. The number of urea groups is 1. The maximum atomic E-state index is 12.8. The number of rotatable bonds is 5. The van der Waals surface area contributed by atoms with E-state index in [0.717, 1.165) is 23.7 Å². The molecule has 28 heavy (non-hydrogen) atoms. The highest BCUT2D eigenvalue weighted by Gasteiger charge is 2.36. The Balaban J connectivity index is 1.91. The van der Waals surface area contributed by atoms with Gasteiger partial charge in [-0.2, -0.15) is 0 Å². The van der Waals surface area contributed by atoms with Gasteiger partial charge in [0.15, 0.2) is 0 Å². The van der Waals surface area contributed by atoms with Crippen molar-refractivity contribution in [1.29, 1.82) is 0 Å². The Bertz CT molecular complexity index is 932. The van der Waals surface area contributed by atoms with Crippen molar-refractivity contribution in [1.82, 2.24) is 5.32 Å². The van der Waals surface area contributed by atoms with Crippen LogP contribution in [-0.4, -0.2) is 30.9 Å². The van der Waals surface area contributed by atoms with Crippen LogP contribution in [0.4, 0.5) is 16.2 Å². The zero-order chi connectivity index (χ0) is 20.3. The Labute approximate surface area is 168 Å². The van der Waals surface area contributed by atoms with Crippen LogP contribution in [0.1, 0.15) is 19.4 Å². The van der Waals surface area contributed by atoms with Crippen LogP contribution in [0, 0.1) is 0 Å². The fraction of sp³-hybridized carbons (Fsp3) is 0.190. The highest BCUT2D eigenvalue weighted by Crippen LogP contribution is 2.24. The summed E-state index contributed by atoms with van der Waals surface area (Å²) in [7, 11) is 0. The lowest BCUT2D eigenvalue weighted by molar-refractivity contribution is -0.122. The van der Waals surface area contributed by atoms with Crippen LogP contribution in [0.5, 0.6) is 0 Å². The second-order valence-corrected chi connectivity index (χ2v) is 6.63. The van der Waals surface area contributed by atoms with E-state index in [2.05, 4.69) is 24.1 Å². The average Bonchev–Trinajstić information content (AvgIpc) is 2.68. The molecule has 2 aromatic carbocycles. The van der Waals surface area contributed by atoms with E-state index in [-0.39, 0.29) is 5.57 Å². The second kappa shape index (κ2) is 8.27. The maximum Gasteiger partial charge on any atom is 0.335 e. The van der Waals surface area contributed by atoms with Crippen LogP contribution < -0.4 is 15.1 Å². The van der Waals surface area contributed by atoms with E-state index in [1.807, 2.05) is 24.3 Å². The van der Waals surface area contributed by atoms with E-state index in [4.69, 9.17) is 11.6 Å². The summed E-state index contributed by atoms with van der Waals surface area (Å²) in [5.74, 6) is -1.39. The summed E-state index contributed by atoms with van der Waals surface area (Å²) in [4.78, 5) is 40.4. The van der Waals surface area contributed by atoms with Crippen molar-refractivity contribution in [2.45, 2.75) is 13.8 Å². The normalized spacial score (nSPS) is 15.8. The molecule has 1 saturated heterocycles. The van der Waals surface area contributed by atoms with E-state index >= 15 is 0 Å². The summed E-state index contributed by atoms with van der Waals surface area (Å²) in [6, 6.07) is 13.0. The van der Waals surface area contributed by atoms with Gasteiger partial charge in [0.2, 0.25) is 0 Å². The van der Waals surface area contributed by atoms with E-state index in [0.29, 0.717) is 16.3 Å². The lowest BCUT2D eigenvalue weighted by atomic mass is 10.1.